The van der Waals surface area contributed by atoms with Crippen LogP contribution in [-0.2, 0) is 23.8 Å². The number of likely N-dealkylation sites (N-methyl/N-ethyl adjacent to an activating group) is 1. The summed E-state index contributed by atoms with van der Waals surface area (Å²) in [6.07, 6.45) is -3.81. The third-order valence-corrected chi connectivity index (χ3v) is 5.82. The maximum atomic E-state index is 14.1. The highest BCUT2D eigenvalue weighted by molar-refractivity contribution is 5.80. The van der Waals surface area contributed by atoms with Crippen LogP contribution in [0, 0.1) is 0 Å². The second kappa shape index (κ2) is 8.05. The lowest BCUT2D eigenvalue weighted by Gasteiger charge is -2.21. The van der Waals surface area contributed by atoms with E-state index in [2.05, 4.69) is 10.3 Å². The summed E-state index contributed by atoms with van der Waals surface area (Å²) in [6, 6.07) is 13.4. The van der Waals surface area contributed by atoms with Gasteiger partial charge in [0.1, 0.15) is 17.8 Å². The van der Waals surface area contributed by atoms with Gasteiger partial charge in [-0.25, -0.2) is 0 Å². The summed E-state index contributed by atoms with van der Waals surface area (Å²) in [4.78, 5) is 12.6. The van der Waals surface area contributed by atoms with Gasteiger partial charge in [-0.2, -0.15) is 13.2 Å². The van der Waals surface area contributed by atoms with E-state index >= 15 is 0 Å². The first-order valence-electron chi connectivity index (χ1n) is 10.4. The topological polar surface area (TPSA) is 92.6 Å². The highest BCUT2D eigenvalue weighted by Gasteiger charge is 2.43. The Balaban J connectivity index is 1.58. The van der Waals surface area contributed by atoms with Crippen molar-refractivity contribution in [2.45, 2.75) is 19.0 Å². The van der Waals surface area contributed by atoms with Gasteiger partial charge in [0.05, 0.1) is 0 Å². The maximum absolute atomic E-state index is 14.1. The molecular formula is C24H18F3N3O4. The molecule has 0 saturated carbocycles. The third kappa shape index (κ3) is 3.70. The van der Waals surface area contributed by atoms with E-state index in [1.54, 1.807) is 42.3 Å². The van der Waals surface area contributed by atoms with Crippen LogP contribution in [0.4, 0.5) is 18.9 Å². The van der Waals surface area contributed by atoms with E-state index in [0.717, 1.165) is 16.8 Å². The molecule has 1 aliphatic carbocycles. The Bertz CT molecular complexity index is 1380. The molecule has 0 spiro atoms. The van der Waals surface area contributed by atoms with Crippen molar-refractivity contribution < 1.29 is 32.1 Å². The van der Waals surface area contributed by atoms with Crippen molar-refractivity contribution in [2.24, 2.45) is 0 Å². The van der Waals surface area contributed by atoms with Gasteiger partial charge in [-0.1, -0.05) is 46.7 Å². The van der Waals surface area contributed by atoms with Crippen LogP contribution in [0.3, 0.4) is 0 Å². The zero-order valence-electron chi connectivity index (χ0n) is 17.9. The number of carboxylic acid groups (broad SMARTS) is 1. The number of rotatable bonds is 5. The number of alkyl halides is 3. The highest BCUT2D eigenvalue weighted by Crippen LogP contribution is 2.46. The number of aliphatic carboxylic acids is 1. The summed E-state index contributed by atoms with van der Waals surface area (Å²) in [5, 5.41) is 16.8. The monoisotopic (exact) mass is 469 g/mol. The molecule has 34 heavy (non-hydrogen) atoms. The van der Waals surface area contributed by atoms with Crippen molar-refractivity contribution in [3.8, 4) is 34.0 Å². The molecule has 0 fully saturated rings. The molecule has 0 atom stereocenters. The fourth-order valence-electron chi connectivity index (χ4n) is 4.24. The highest BCUT2D eigenvalue weighted by atomic mass is 19.4. The first-order chi connectivity index (χ1) is 16.2. The number of hydrogen-bond donors (Lipinski definition) is 1. The molecule has 2 aromatic carbocycles. The first kappa shape index (κ1) is 21.7. The molecule has 0 aliphatic heterocycles. The van der Waals surface area contributed by atoms with E-state index in [4.69, 9.17) is 14.2 Å². The molecule has 0 amide bonds. The summed E-state index contributed by atoms with van der Waals surface area (Å²) in [7, 11) is 1.67. The van der Waals surface area contributed by atoms with E-state index in [1.807, 2.05) is 6.07 Å². The fraction of sp³-hybridized carbons (Fsp3) is 0.208. The SMILES string of the molecule is CN(CC(=O)O)c1ccc2c(c1)CCc1c-2noc1-c1noc(-c2ccccc2)c1C(F)(F)F. The third-order valence-electron chi connectivity index (χ3n) is 5.82. The molecule has 2 heterocycles. The van der Waals surface area contributed by atoms with Gasteiger partial charge in [0.2, 0.25) is 0 Å². The van der Waals surface area contributed by atoms with Crippen molar-refractivity contribution in [2.75, 3.05) is 18.5 Å². The lowest BCUT2D eigenvalue weighted by Crippen LogP contribution is -2.25. The lowest BCUT2D eigenvalue weighted by molar-refractivity contribution is -0.137. The van der Waals surface area contributed by atoms with Crippen LogP contribution in [0.2, 0.25) is 0 Å². The van der Waals surface area contributed by atoms with Crippen LogP contribution in [0.5, 0.6) is 0 Å². The summed E-state index contributed by atoms with van der Waals surface area (Å²) in [5.74, 6) is -1.40. The summed E-state index contributed by atoms with van der Waals surface area (Å²) in [5.41, 5.74) is 2.14. The number of benzene rings is 2. The van der Waals surface area contributed by atoms with E-state index in [-0.39, 0.29) is 23.6 Å². The van der Waals surface area contributed by atoms with Crippen molar-refractivity contribution in [3.05, 3.63) is 65.2 Å². The van der Waals surface area contributed by atoms with Gasteiger partial charge in [-0.05, 0) is 30.5 Å². The second-order valence-electron chi connectivity index (χ2n) is 8.03. The predicted octanol–water partition coefficient (Wildman–Crippen LogP) is 5.30. The van der Waals surface area contributed by atoms with E-state index < -0.39 is 23.4 Å². The standard InChI is InChI=1S/C24H18F3N3O4/c1-30(12-18(31)32)15-8-10-16-14(11-15)7-9-17-20(16)28-34-23(17)21-19(24(25,26)27)22(33-29-21)13-5-3-2-4-6-13/h2-6,8,10-11H,7,9,12H2,1H3,(H,31,32). The molecule has 7 nitrogen and oxygen atoms in total. The van der Waals surface area contributed by atoms with Crippen LogP contribution in [0.25, 0.3) is 34.0 Å². The average molecular weight is 469 g/mol. The molecule has 0 bridgehead atoms. The van der Waals surface area contributed by atoms with Gasteiger partial charge in [-0.3, -0.25) is 4.79 Å². The fourth-order valence-corrected chi connectivity index (χ4v) is 4.24. The number of aromatic nitrogens is 2. The number of nitrogens with zero attached hydrogens (tertiary/aromatic N) is 3. The van der Waals surface area contributed by atoms with Crippen LogP contribution in [0.1, 0.15) is 16.7 Å². The minimum Gasteiger partial charge on any atom is -0.480 e. The summed E-state index contributed by atoms with van der Waals surface area (Å²) < 4.78 is 52.8. The summed E-state index contributed by atoms with van der Waals surface area (Å²) >= 11 is 0. The molecule has 10 heteroatoms. The van der Waals surface area contributed by atoms with Crippen molar-refractivity contribution >= 4 is 11.7 Å². The van der Waals surface area contributed by atoms with E-state index in [9.17, 15) is 18.0 Å². The first-order valence-corrected chi connectivity index (χ1v) is 10.4. The number of aryl methyl sites for hydroxylation is 1. The van der Waals surface area contributed by atoms with Gasteiger partial charge in [0.15, 0.2) is 17.2 Å². The Morgan fingerprint density at radius 2 is 1.74 bits per heavy atom. The van der Waals surface area contributed by atoms with Crippen molar-refractivity contribution in [3.63, 3.8) is 0 Å². The molecule has 1 aliphatic rings. The lowest BCUT2D eigenvalue weighted by atomic mass is 9.88. The molecule has 5 rings (SSSR count). The molecule has 4 aromatic rings. The second-order valence-corrected chi connectivity index (χ2v) is 8.03. The molecule has 1 N–H and O–H groups in total. The van der Waals surface area contributed by atoms with Gasteiger partial charge in [0.25, 0.3) is 0 Å². The molecule has 0 radical (unpaired) electrons. The Morgan fingerprint density at radius 3 is 2.44 bits per heavy atom. The maximum Gasteiger partial charge on any atom is 0.422 e. The Kier molecular flexibility index (Phi) is 5.15. The van der Waals surface area contributed by atoms with Crippen LogP contribution >= 0.6 is 0 Å². The number of fused-ring (bicyclic) bond motifs is 3. The zero-order valence-corrected chi connectivity index (χ0v) is 17.9. The van der Waals surface area contributed by atoms with Gasteiger partial charge >= 0.3 is 12.1 Å². The zero-order chi connectivity index (χ0) is 24.0. The van der Waals surface area contributed by atoms with E-state index in [1.165, 1.54) is 12.1 Å². The van der Waals surface area contributed by atoms with Crippen LogP contribution in [0.15, 0.2) is 57.6 Å². The Labute approximate surface area is 191 Å². The average Bonchev–Trinajstić information content (AvgIpc) is 3.43. The van der Waals surface area contributed by atoms with Gasteiger partial charge < -0.3 is 19.1 Å². The number of carboxylic acids is 1. The summed E-state index contributed by atoms with van der Waals surface area (Å²) in [6.45, 7) is -0.158. The minimum absolute atomic E-state index is 0.0639. The quantitative estimate of drug-likeness (QED) is 0.424. The van der Waals surface area contributed by atoms with Gasteiger partial charge in [-0.15, -0.1) is 0 Å². The molecule has 0 unspecified atom stereocenters. The normalized spacial score (nSPS) is 12.8. The number of carbonyl (C=O) groups is 1. The van der Waals surface area contributed by atoms with Crippen molar-refractivity contribution in [1.82, 2.24) is 10.3 Å². The van der Waals surface area contributed by atoms with Crippen molar-refractivity contribution in [1.29, 1.82) is 0 Å². The predicted molar refractivity (Wildman–Crippen MR) is 116 cm³/mol. The van der Waals surface area contributed by atoms with E-state index in [0.29, 0.717) is 24.1 Å². The Hall–Kier alpha value is -4.08. The molecular weight excluding hydrogens is 451 g/mol. The Morgan fingerprint density at radius 1 is 1.03 bits per heavy atom. The number of halogens is 3. The van der Waals surface area contributed by atoms with Gasteiger partial charge in [0, 0.05) is 29.4 Å². The number of hydrogen-bond acceptors (Lipinski definition) is 6. The molecule has 2 aromatic heterocycles. The number of anilines is 1. The van der Waals surface area contributed by atoms with Crippen LogP contribution < -0.4 is 4.90 Å². The minimum atomic E-state index is -4.73. The molecule has 0 saturated heterocycles. The molecule has 174 valence electrons. The largest absolute Gasteiger partial charge is 0.480 e. The van der Waals surface area contributed by atoms with Crippen LogP contribution in [-0.4, -0.2) is 35.0 Å². The smallest absolute Gasteiger partial charge is 0.422 e.